The van der Waals surface area contributed by atoms with Crippen molar-refractivity contribution in [1.82, 2.24) is 9.78 Å². The number of anilines is 1. The third-order valence-electron chi connectivity index (χ3n) is 3.83. The highest BCUT2D eigenvalue weighted by molar-refractivity contribution is 14.0. The van der Waals surface area contributed by atoms with Crippen LogP contribution >= 0.6 is 24.0 Å². The largest absolute Gasteiger partial charge is 0.457 e. The standard InChI is InChI=1S/C20H23N5O.HI/c1-3-19-15(14-25(2)24-19)13-22-20(21)23-16-8-7-11-18(12-16)26-17-9-5-4-6-10-17;/h4-12,14H,3,13H2,1-2H3,(H3,21,22,23);1H. The summed E-state index contributed by atoms with van der Waals surface area (Å²) in [6.07, 6.45) is 2.85. The number of halogens is 1. The van der Waals surface area contributed by atoms with Crippen LogP contribution in [0.25, 0.3) is 0 Å². The maximum atomic E-state index is 6.03. The number of aromatic nitrogens is 2. The van der Waals surface area contributed by atoms with E-state index >= 15 is 0 Å². The molecule has 7 heteroatoms. The Morgan fingerprint density at radius 1 is 1.15 bits per heavy atom. The van der Waals surface area contributed by atoms with Crippen LogP contribution in [0, 0.1) is 0 Å². The Morgan fingerprint density at radius 3 is 2.63 bits per heavy atom. The average molecular weight is 477 g/mol. The van der Waals surface area contributed by atoms with E-state index in [0.717, 1.165) is 34.9 Å². The predicted octanol–water partition coefficient (Wildman–Crippen LogP) is 4.32. The zero-order valence-corrected chi connectivity index (χ0v) is 17.8. The molecule has 0 saturated heterocycles. The first-order chi connectivity index (χ1) is 12.6. The quantitative estimate of drug-likeness (QED) is 0.315. The second-order valence-corrected chi connectivity index (χ2v) is 5.90. The Kier molecular flexibility index (Phi) is 7.66. The number of aliphatic imine (C=N–C) groups is 1. The summed E-state index contributed by atoms with van der Waals surface area (Å²) in [6.45, 7) is 2.57. The molecule has 0 aliphatic rings. The van der Waals surface area contributed by atoms with Gasteiger partial charge in [0.1, 0.15) is 11.5 Å². The molecule has 0 atom stereocenters. The third kappa shape index (κ3) is 5.99. The Balaban J connectivity index is 0.00000261. The van der Waals surface area contributed by atoms with Gasteiger partial charge in [-0.25, -0.2) is 4.99 Å². The van der Waals surface area contributed by atoms with Gasteiger partial charge in [-0.1, -0.05) is 31.2 Å². The summed E-state index contributed by atoms with van der Waals surface area (Å²) < 4.78 is 7.63. The molecule has 2 aromatic carbocycles. The minimum atomic E-state index is 0. The SMILES string of the molecule is CCc1nn(C)cc1CN=C(N)Nc1cccc(Oc2ccccc2)c1.I. The second-order valence-electron chi connectivity index (χ2n) is 5.90. The molecule has 1 heterocycles. The number of benzene rings is 2. The van der Waals surface area contributed by atoms with Crippen molar-refractivity contribution in [2.45, 2.75) is 19.9 Å². The van der Waals surface area contributed by atoms with Crippen molar-refractivity contribution >= 4 is 35.6 Å². The van der Waals surface area contributed by atoms with Gasteiger partial charge in [-0.05, 0) is 30.7 Å². The van der Waals surface area contributed by atoms with Crippen LogP contribution in [0.1, 0.15) is 18.2 Å². The van der Waals surface area contributed by atoms with Crippen molar-refractivity contribution in [2.24, 2.45) is 17.8 Å². The van der Waals surface area contributed by atoms with E-state index in [1.165, 1.54) is 0 Å². The molecule has 27 heavy (non-hydrogen) atoms. The Labute approximate surface area is 176 Å². The normalized spacial score (nSPS) is 11.0. The predicted molar refractivity (Wildman–Crippen MR) is 120 cm³/mol. The molecule has 1 aromatic heterocycles. The molecule has 0 unspecified atom stereocenters. The number of hydrogen-bond donors (Lipinski definition) is 2. The van der Waals surface area contributed by atoms with E-state index in [2.05, 4.69) is 22.3 Å². The van der Waals surface area contributed by atoms with E-state index in [1.54, 1.807) is 4.68 Å². The van der Waals surface area contributed by atoms with Crippen LogP contribution < -0.4 is 15.8 Å². The van der Waals surface area contributed by atoms with Crippen LogP contribution in [0.3, 0.4) is 0 Å². The first-order valence-corrected chi connectivity index (χ1v) is 8.55. The van der Waals surface area contributed by atoms with Gasteiger partial charge in [0, 0.05) is 30.6 Å². The fourth-order valence-corrected chi connectivity index (χ4v) is 2.63. The lowest BCUT2D eigenvalue weighted by Gasteiger charge is -2.09. The van der Waals surface area contributed by atoms with Gasteiger partial charge in [0.2, 0.25) is 0 Å². The fraction of sp³-hybridized carbons (Fsp3) is 0.200. The Morgan fingerprint density at radius 2 is 1.89 bits per heavy atom. The van der Waals surface area contributed by atoms with Crippen LogP contribution in [-0.2, 0) is 20.0 Å². The fourth-order valence-electron chi connectivity index (χ4n) is 2.63. The van der Waals surface area contributed by atoms with Crippen molar-refractivity contribution < 1.29 is 4.74 Å². The van der Waals surface area contributed by atoms with Gasteiger partial charge in [0.25, 0.3) is 0 Å². The van der Waals surface area contributed by atoms with Crippen molar-refractivity contribution in [2.75, 3.05) is 5.32 Å². The summed E-state index contributed by atoms with van der Waals surface area (Å²) in [5, 5.41) is 7.52. The minimum absolute atomic E-state index is 0. The number of nitrogens with one attached hydrogen (secondary N) is 1. The van der Waals surface area contributed by atoms with Gasteiger partial charge in [-0.2, -0.15) is 5.10 Å². The van der Waals surface area contributed by atoms with Gasteiger partial charge in [0.15, 0.2) is 5.96 Å². The number of nitrogens with two attached hydrogens (primary N) is 1. The summed E-state index contributed by atoms with van der Waals surface area (Å²) in [4.78, 5) is 4.41. The lowest BCUT2D eigenvalue weighted by Crippen LogP contribution is -2.22. The zero-order chi connectivity index (χ0) is 18.4. The summed E-state index contributed by atoms with van der Waals surface area (Å²) in [5.74, 6) is 1.87. The molecule has 0 spiro atoms. The summed E-state index contributed by atoms with van der Waals surface area (Å²) >= 11 is 0. The molecule has 0 aliphatic heterocycles. The molecule has 3 rings (SSSR count). The Bertz CT molecular complexity index is 892. The third-order valence-corrected chi connectivity index (χ3v) is 3.83. The lowest BCUT2D eigenvalue weighted by atomic mass is 10.2. The minimum Gasteiger partial charge on any atom is -0.457 e. The molecule has 0 radical (unpaired) electrons. The second kappa shape index (κ2) is 9.96. The van der Waals surface area contributed by atoms with Crippen LogP contribution in [0.4, 0.5) is 5.69 Å². The summed E-state index contributed by atoms with van der Waals surface area (Å²) in [6, 6.07) is 17.3. The molecule has 6 nitrogen and oxygen atoms in total. The monoisotopic (exact) mass is 477 g/mol. The molecule has 3 aromatic rings. The smallest absolute Gasteiger partial charge is 0.193 e. The number of para-hydroxylation sites is 1. The van der Waals surface area contributed by atoms with Gasteiger partial charge >= 0.3 is 0 Å². The molecule has 0 saturated carbocycles. The number of hydrogen-bond acceptors (Lipinski definition) is 3. The topological polar surface area (TPSA) is 77.5 Å². The van der Waals surface area contributed by atoms with Crippen molar-refractivity contribution in [3.05, 3.63) is 72.1 Å². The molecule has 0 bridgehead atoms. The number of nitrogens with zero attached hydrogens (tertiary/aromatic N) is 3. The maximum absolute atomic E-state index is 6.03. The van der Waals surface area contributed by atoms with Crippen molar-refractivity contribution in [1.29, 1.82) is 0 Å². The number of aryl methyl sites for hydroxylation is 2. The highest BCUT2D eigenvalue weighted by atomic mass is 127. The van der Waals surface area contributed by atoms with Crippen LogP contribution in [0.2, 0.25) is 0 Å². The first kappa shape index (κ1) is 20.8. The molecule has 142 valence electrons. The van der Waals surface area contributed by atoms with Crippen molar-refractivity contribution in [3.63, 3.8) is 0 Å². The van der Waals surface area contributed by atoms with E-state index in [4.69, 9.17) is 10.5 Å². The molecule has 0 amide bonds. The van der Waals surface area contributed by atoms with Gasteiger partial charge in [-0.3, -0.25) is 4.68 Å². The maximum Gasteiger partial charge on any atom is 0.193 e. The average Bonchev–Trinajstić information content (AvgIpc) is 3.01. The van der Waals surface area contributed by atoms with Crippen LogP contribution in [0.15, 0.2) is 65.8 Å². The van der Waals surface area contributed by atoms with E-state index in [9.17, 15) is 0 Å². The van der Waals surface area contributed by atoms with Gasteiger partial charge < -0.3 is 15.8 Å². The number of rotatable bonds is 6. The summed E-state index contributed by atoms with van der Waals surface area (Å²) in [5.41, 5.74) is 8.97. The zero-order valence-electron chi connectivity index (χ0n) is 15.4. The van der Waals surface area contributed by atoms with E-state index < -0.39 is 0 Å². The molecular formula is C20H24IN5O. The Hall–Kier alpha value is -2.55. The molecular weight excluding hydrogens is 453 g/mol. The summed E-state index contributed by atoms with van der Waals surface area (Å²) in [7, 11) is 1.91. The van der Waals surface area contributed by atoms with E-state index in [1.807, 2.05) is 67.8 Å². The van der Waals surface area contributed by atoms with Crippen molar-refractivity contribution in [3.8, 4) is 11.5 Å². The number of ether oxygens (including phenoxy) is 1. The van der Waals surface area contributed by atoms with E-state index in [-0.39, 0.29) is 24.0 Å². The van der Waals surface area contributed by atoms with E-state index in [0.29, 0.717) is 12.5 Å². The molecule has 0 fully saturated rings. The molecule has 3 N–H and O–H groups in total. The van der Waals surface area contributed by atoms with Crippen LogP contribution in [0.5, 0.6) is 11.5 Å². The van der Waals surface area contributed by atoms with Crippen LogP contribution in [-0.4, -0.2) is 15.7 Å². The van der Waals surface area contributed by atoms with Gasteiger partial charge in [-0.15, -0.1) is 24.0 Å². The highest BCUT2D eigenvalue weighted by Gasteiger charge is 2.05. The highest BCUT2D eigenvalue weighted by Crippen LogP contribution is 2.23. The van der Waals surface area contributed by atoms with Gasteiger partial charge in [0.05, 0.1) is 12.2 Å². The molecule has 0 aliphatic carbocycles. The number of guanidine groups is 1. The lowest BCUT2D eigenvalue weighted by molar-refractivity contribution is 0.483. The first-order valence-electron chi connectivity index (χ1n) is 8.55.